The van der Waals surface area contributed by atoms with Crippen LogP contribution < -0.4 is 4.90 Å². The molecule has 140 valence electrons. The van der Waals surface area contributed by atoms with E-state index >= 15 is 0 Å². The van der Waals surface area contributed by atoms with E-state index in [-0.39, 0.29) is 12.0 Å². The third-order valence-electron chi connectivity index (χ3n) is 4.66. The van der Waals surface area contributed by atoms with Gasteiger partial charge in [-0.15, -0.1) is 0 Å². The molecule has 1 unspecified atom stereocenters. The van der Waals surface area contributed by atoms with Gasteiger partial charge in [0, 0.05) is 44.8 Å². The molecule has 0 radical (unpaired) electrons. The van der Waals surface area contributed by atoms with Crippen LogP contribution in [0, 0.1) is 13.8 Å². The number of hydrogen-bond donors (Lipinski definition) is 0. The highest BCUT2D eigenvalue weighted by molar-refractivity contribution is 5.95. The first-order valence-corrected chi connectivity index (χ1v) is 9.00. The van der Waals surface area contributed by atoms with E-state index in [9.17, 15) is 4.79 Å². The van der Waals surface area contributed by atoms with Crippen LogP contribution in [0.4, 0.5) is 5.69 Å². The zero-order chi connectivity index (χ0) is 18.8. The summed E-state index contributed by atoms with van der Waals surface area (Å²) >= 11 is 0. The van der Waals surface area contributed by atoms with Gasteiger partial charge in [0.2, 0.25) is 0 Å². The summed E-state index contributed by atoms with van der Waals surface area (Å²) in [6.45, 7) is 8.20. The van der Waals surface area contributed by atoms with Gasteiger partial charge >= 0.3 is 0 Å². The van der Waals surface area contributed by atoms with Gasteiger partial charge in [0.1, 0.15) is 6.10 Å². The van der Waals surface area contributed by atoms with Gasteiger partial charge in [0.25, 0.3) is 5.91 Å². The minimum absolute atomic E-state index is 0.0102. The molecule has 26 heavy (non-hydrogen) atoms. The van der Waals surface area contributed by atoms with E-state index < -0.39 is 0 Å². The van der Waals surface area contributed by atoms with Crippen LogP contribution in [0.15, 0.2) is 18.3 Å². The lowest BCUT2D eigenvalue weighted by atomic mass is 10.1. The van der Waals surface area contributed by atoms with Crippen LogP contribution in [0.3, 0.4) is 0 Å². The van der Waals surface area contributed by atoms with E-state index in [0.717, 1.165) is 29.3 Å². The summed E-state index contributed by atoms with van der Waals surface area (Å²) in [5, 5.41) is 4.38. The number of morpholine rings is 1. The predicted molar refractivity (Wildman–Crippen MR) is 101 cm³/mol. The number of ether oxygens (including phenoxy) is 1. The van der Waals surface area contributed by atoms with E-state index in [0.29, 0.717) is 25.3 Å². The summed E-state index contributed by atoms with van der Waals surface area (Å²) in [6.07, 6.45) is 1.62. The Balaban J connectivity index is 1.81. The Morgan fingerprint density at radius 2 is 2.12 bits per heavy atom. The summed E-state index contributed by atoms with van der Waals surface area (Å²) in [5.41, 5.74) is 4.33. The smallest absolute Gasteiger partial charge is 0.257 e. The fraction of sp³-hybridized carbons (Fsp3) is 0.526. The largest absolute Gasteiger partial charge is 0.378 e. The van der Waals surface area contributed by atoms with E-state index in [1.54, 1.807) is 4.68 Å². The molecule has 3 heterocycles. The average Bonchev–Trinajstić information content (AvgIpc) is 3.01. The molecule has 0 spiro atoms. The van der Waals surface area contributed by atoms with Gasteiger partial charge in [0.15, 0.2) is 0 Å². The van der Waals surface area contributed by atoms with Crippen LogP contribution >= 0.6 is 0 Å². The van der Waals surface area contributed by atoms with Gasteiger partial charge in [-0.1, -0.05) is 0 Å². The highest BCUT2D eigenvalue weighted by Crippen LogP contribution is 2.26. The lowest BCUT2D eigenvalue weighted by Crippen LogP contribution is -2.42. The molecule has 0 bridgehead atoms. The predicted octanol–water partition coefficient (Wildman–Crippen LogP) is 2.19. The fourth-order valence-electron chi connectivity index (χ4n) is 3.17. The highest BCUT2D eigenvalue weighted by Gasteiger charge is 2.29. The third kappa shape index (κ3) is 3.72. The normalized spacial score (nSPS) is 17.4. The SMILES string of the molecule is CCn1cc(C(=O)N2CCOC(c3cc(N(C)C)cc(C)n3)C2)c(C)n1. The van der Waals surface area contributed by atoms with Gasteiger partial charge in [-0.25, -0.2) is 0 Å². The Hall–Kier alpha value is -2.41. The average molecular weight is 357 g/mol. The van der Waals surface area contributed by atoms with Crippen molar-refractivity contribution in [3.8, 4) is 0 Å². The van der Waals surface area contributed by atoms with E-state index in [2.05, 4.69) is 10.1 Å². The number of aromatic nitrogens is 3. The molecule has 7 nitrogen and oxygen atoms in total. The first-order chi connectivity index (χ1) is 12.4. The third-order valence-corrected chi connectivity index (χ3v) is 4.66. The number of amides is 1. The maximum atomic E-state index is 13.0. The fourth-order valence-corrected chi connectivity index (χ4v) is 3.17. The Labute approximate surface area is 154 Å². The number of anilines is 1. The Morgan fingerprint density at radius 3 is 2.77 bits per heavy atom. The summed E-state index contributed by atoms with van der Waals surface area (Å²) in [5.74, 6) is 0.0102. The van der Waals surface area contributed by atoms with Crippen LogP contribution in [0.5, 0.6) is 0 Å². The molecule has 1 saturated heterocycles. The Kier molecular flexibility index (Phi) is 5.27. The molecule has 7 heteroatoms. The number of rotatable bonds is 4. The number of pyridine rings is 1. The molecule has 2 aromatic rings. The zero-order valence-corrected chi connectivity index (χ0v) is 16.2. The second-order valence-corrected chi connectivity index (χ2v) is 6.88. The molecule has 1 aliphatic rings. The summed E-state index contributed by atoms with van der Waals surface area (Å²) in [6, 6.07) is 4.07. The maximum Gasteiger partial charge on any atom is 0.257 e. The highest BCUT2D eigenvalue weighted by atomic mass is 16.5. The number of nitrogens with zero attached hydrogens (tertiary/aromatic N) is 5. The Bertz CT molecular complexity index is 799. The molecular formula is C19H27N5O2. The molecule has 1 atom stereocenters. The van der Waals surface area contributed by atoms with Crippen molar-refractivity contribution in [3.05, 3.63) is 41.0 Å². The van der Waals surface area contributed by atoms with Crippen molar-refractivity contribution < 1.29 is 9.53 Å². The zero-order valence-electron chi connectivity index (χ0n) is 16.2. The van der Waals surface area contributed by atoms with Crippen molar-refractivity contribution >= 4 is 11.6 Å². The van der Waals surface area contributed by atoms with Crippen molar-refractivity contribution in [2.24, 2.45) is 0 Å². The maximum absolute atomic E-state index is 13.0. The van der Waals surface area contributed by atoms with E-state index in [1.165, 1.54) is 0 Å². The number of carbonyl (C=O) groups is 1. The second kappa shape index (κ2) is 7.45. The molecular weight excluding hydrogens is 330 g/mol. The first-order valence-electron chi connectivity index (χ1n) is 9.00. The molecule has 0 saturated carbocycles. The standard InChI is InChI=1S/C19H27N5O2/c1-6-24-11-16(14(3)21-24)19(25)23-7-8-26-18(12-23)17-10-15(22(4)5)9-13(2)20-17/h9-11,18H,6-8,12H2,1-5H3. The number of hydrogen-bond acceptors (Lipinski definition) is 5. The minimum Gasteiger partial charge on any atom is -0.378 e. The van der Waals surface area contributed by atoms with Gasteiger partial charge in [-0.3, -0.25) is 14.5 Å². The monoisotopic (exact) mass is 357 g/mol. The van der Waals surface area contributed by atoms with Crippen molar-refractivity contribution in [3.63, 3.8) is 0 Å². The number of carbonyl (C=O) groups excluding carboxylic acids is 1. The van der Waals surface area contributed by atoms with Crippen molar-refractivity contribution in [2.75, 3.05) is 38.7 Å². The van der Waals surface area contributed by atoms with Crippen LogP contribution in [0.1, 0.15) is 40.5 Å². The van der Waals surface area contributed by atoms with Crippen molar-refractivity contribution in [2.45, 2.75) is 33.4 Å². The van der Waals surface area contributed by atoms with Crippen LogP contribution in [0.25, 0.3) is 0 Å². The molecule has 2 aromatic heterocycles. The molecule has 0 aromatic carbocycles. The summed E-state index contributed by atoms with van der Waals surface area (Å²) < 4.78 is 7.73. The summed E-state index contributed by atoms with van der Waals surface area (Å²) in [7, 11) is 4.01. The van der Waals surface area contributed by atoms with Crippen molar-refractivity contribution in [1.82, 2.24) is 19.7 Å². The first kappa shape index (κ1) is 18.4. The summed E-state index contributed by atoms with van der Waals surface area (Å²) in [4.78, 5) is 21.5. The molecule has 1 aliphatic heterocycles. The van der Waals surface area contributed by atoms with Crippen LogP contribution in [-0.2, 0) is 11.3 Å². The van der Waals surface area contributed by atoms with Crippen molar-refractivity contribution in [1.29, 1.82) is 0 Å². The van der Waals surface area contributed by atoms with Gasteiger partial charge in [0.05, 0.1) is 30.1 Å². The molecule has 0 N–H and O–H groups in total. The van der Waals surface area contributed by atoms with E-state index in [4.69, 9.17) is 4.74 Å². The van der Waals surface area contributed by atoms with Crippen LogP contribution in [0.2, 0.25) is 0 Å². The second-order valence-electron chi connectivity index (χ2n) is 6.88. The lowest BCUT2D eigenvalue weighted by Gasteiger charge is -2.33. The van der Waals surface area contributed by atoms with E-state index in [1.807, 2.05) is 63.0 Å². The topological polar surface area (TPSA) is 63.5 Å². The van der Waals surface area contributed by atoms with Gasteiger partial charge in [-0.2, -0.15) is 5.10 Å². The van der Waals surface area contributed by atoms with Gasteiger partial charge < -0.3 is 14.5 Å². The van der Waals surface area contributed by atoms with Gasteiger partial charge in [-0.05, 0) is 32.9 Å². The molecule has 1 amide bonds. The Morgan fingerprint density at radius 1 is 1.35 bits per heavy atom. The van der Waals surface area contributed by atoms with Crippen LogP contribution in [-0.4, -0.2) is 59.4 Å². The molecule has 3 rings (SSSR count). The minimum atomic E-state index is -0.215. The molecule has 1 fully saturated rings. The quantitative estimate of drug-likeness (QED) is 0.839. The lowest BCUT2D eigenvalue weighted by molar-refractivity contribution is -0.0247. The number of aryl methyl sites for hydroxylation is 3. The molecule has 0 aliphatic carbocycles.